The molecule has 8 nitrogen and oxygen atoms in total. The van der Waals surface area contributed by atoms with Crippen LogP contribution in [-0.4, -0.2) is 36.9 Å². The molecule has 2 aromatic heterocycles. The summed E-state index contributed by atoms with van der Waals surface area (Å²) < 4.78 is 31.1. The van der Waals surface area contributed by atoms with E-state index in [-0.39, 0.29) is 23.1 Å². The molecule has 3 aromatic rings. The number of carbonyl (C=O) groups excluding carboxylic acids is 2. The highest BCUT2D eigenvalue weighted by atomic mass is 35.5. The Bertz CT molecular complexity index is 1390. The van der Waals surface area contributed by atoms with Gasteiger partial charge in [0.15, 0.2) is 5.69 Å². The SMILES string of the molecule is CCOC(=O)c1c(NC(=O)c2nc(S(=O)(=O)Cc3ccccc3C)ncc2Cl)sc2c1CCC2. The minimum absolute atomic E-state index is 0.103. The van der Waals surface area contributed by atoms with Gasteiger partial charge in [-0.3, -0.25) is 4.79 Å². The molecule has 0 saturated heterocycles. The van der Waals surface area contributed by atoms with Gasteiger partial charge in [0.1, 0.15) is 5.00 Å². The zero-order valence-corrected chi connectivity index (χ0v) is 20.9. The number of nitrogens with one attached hydrogen (secondary N) is 1. The lowest BCUT2D eigenvalue weighted by Gasteiger charge is -2.10. The predicted octanol–water partition coefficient (Wildman–Crippen LogP) is 4.39. The Labute approximate surface area is 206 Å². The highest BCUT2D eigenvalue weighted by Gasteiger charge is 2.30. The van der Waals surface area contributed by atoms with Gasteiger partial charge in [-0.25, -0.2) is 23.2 Å². The van der Waals surface area contributed by atoms with E-state index in [1.165, 1.54) is 11.3 Å². The third-order valence-electron chi connectivity index (χ3n) is 5.45. The van der Waals surface area contributed by atoms with Crippen LogP contribution in [0.4, 0.5) is 5.00 Å². The predicted molar refractivity (Wildman–Crippen MR) is 129 cm³/mol. The normalized spacial score (nSPS) is 12.9. The van der Waals surface area contributed by atoms with E-state index in [2.05, 4.69) is 15.3 Å². The molecule has 0 spiro atoms. The number of esters is 1. The first-order valence-electron chi connectivity index (χ1n) is 10.6. The number of anilines is 1. The lowest BCUT2D eigenvalue weighted by Crippen LogP contribution is -2.19. The average Bonchev–Trinajstić information content (AvgIpc) is 3.36. The fourth-order valence-electron chi connectivity index (χ4n) is 3.78. The van der Waals surface area contributed by atoms with Crippen LogP contribution in [0.2, 0.25) is 5.02 Å². The number of benzene rings is 1. The molecule has 0 unspecified atom stereocenters. The second-order valence-corrected chi connectivity index (χ2v) is 11.2. The van der Waals surface area contributed by atoms with Crippen molar-refractivity contribution in [2.24, 2.45) is 0 Å². The first kappa shape index (κ1) is 24.3. The summed E-state index contributed by atoms with van der Waals surface area (Å²) in [5.74, 6) is -1.55. The maximum absolute atomic E-state index is 13.1. The summed E-state index contributed by atoms with van der Waals surface area (Å²) in [7, 11) is -3.94. The first-order valence-corrected chi connectivity index (χ1v) is 13.5. The maximum atomic E-state index is 13.1. The van der Waals surface area contributed by atoms with E-state index < -0.39 is 26.9 Å². The van der Waals surface area contributed by atoms with Crippen LogP contribution in [0.1, 0.15) is 55.8 Å². The Morgan fingerprint density at radius 3 is 2.74 bits per heavy atom. The number of sulfone groups is 1. The molecule has 178 valence electrons. The number of hydrogen-bond donors (Lipinski definition) is 1. The van der Waals surface area contributed by atoms with Gasteiger partial charge in [0, 0.05) is 4.88 Å². The first-order chi connectivity index (χ1) is 16.2. The summed E-state index contributed by atoms with van der Waals surface area (Å²) >= 11 is 7.46. The molecule has 1 aliphatic rings. The third kappa shape index (κ3) is 4.84. The van der Waals surface area contributed by atoms with Crippen LogP contribution < -0.4 is 5.32 Å². The van der Waals surface area contributed by atoms with Crippen molar-refractivity contribution in [1.82, 2.24) is 9.97 Å². The van der Waals surface area contributed by atoms with Crippen molar-refractivity contribution >= 4 is 49.7 Å². The van der Waals surface area contributed by atoms with Crippen LogP contribution >= 0.6 is 22.9 Å². The highest BCUT2D eigenvalue weighted by Crippen LogP contribution is 2.39. The van der Waals surface area contributed by atoms with Crippen molar-refractivity contribution < 1.29 is 22.7 Å². The number of amides is 1. The molecule has 11 heteroatoms. The Hall–Kier alpha value is -2.82. The van der Waals surface area contributed by atoms with Gasteiger partial charge >= 0.3 is 5.97 Å². The molecule has 0 bridgehead atoms. The molecule has 2 heterocycles. The summed E-state index contributed by atoms with van der Waals surface area (Å²) in [4.78, 5) is 34.5. The highest BCUT2D eigenvalue weighted by molar-refractivity contribution is 7.90. The summed E-state index contributed by atoms with van der Waals surface area (Å²) in [5, 5.41) is 2.42. The number of rotatable bonds is 7. The van der Waals surface area contributed by atoms with E-state index >= 15 is 0 Å². The second kappa shape index (κ2) is 9.81. The summed E-state index contributed by atoms with van der Waals surface area (Å²) in [6.07, 6.45) is 3.57. The quantitative estimate of drug-likeness (QED) is 0.363. The molecule has 4 rings (SSSR count). The Morgan fingerprint density at radius 2 is 2.00 bits per heavy atom. The molecular weight excluding hydrogens is 498 g/mol. The Morgan fingerprint density at radius 1 is 1.24 bits per heavy atom. The molecule has 0 saturated carbocycles. The number of fused-ring (bicyclic) bond motifs is 1. The van der Waals surface area contributed by atoms with Gasteiger partial charge in [0.05, 0.1) is 29.1 Å². The largest absolute Gasteiger partial charge is 0.462 e. The zero-order chi connectivity index (χ0) is 24.5. The number of halogens is 1. The zero-order valence-electron chi connectivity index (χ0n) is 18.6. The van der Waals surface area contributed by atoms with E-state index in [1.807, 2.05) is 19.1 Å². The number of aromatic nitrogens is 2. The number of aryl methyl sites for hydroxylation is 2. The number of hydrogen-bond acceptors (Lipinski definition) is 8. The lowest BCUT2D eigenvalue weighted by atomic mass is 10.1. The van der Waals surface area contributed by atoms with Gasteiger partial charge in [-0.05, 0) is 49.8 Å². The van der Waals surface area contributed by atoms with Crippen LogP contribution in [0.5, 0.6) is 0 Å². The van der Waals surface area contributed by atoms with Crippen molar-refractivity contribution in [3.63, 3.8) is 0 Å². The molecule has 1 aliphatic carbocycles. The molecule has 34 heavy (non-hydrogen) atoms. The van der Waals surface area contributed by atoms with Crippen molar-refractivity contribution in [1.29, 1.82) is 0 Å². The van der Waals surface area contributed by atoms with Gasteiger partial charge < -0.3 is 10.1 Å². The number of nitrogens with zero attached hydrogens (tertiary/aromatic N) is 2. The van der Waals surface area contributed by atoms with Crippen LogP contribution in [-0.2, 0) is 33.2 Å². The van der Waals surface area contributed by atoms with Crippen LogP contribution in [0.25, 0.3) is 0 Å². The van der Waals surface area contributed by atoms with Gasteiger partial charge in [0.2, 0.25) is 15.0 Å². The van der Waals surface area contributed by atoms with Crippen molar-refractivity contribution in [2.45, 2.75) is 44.0 Å². The summed E-state index contributed by atoms with van der Waals surface area (Å²) in [5.41, 5.74) is 2.36. The molecule has 1 N–H and O–H groups in total. The number of thiophene rings is 1. The molecule has 1 aromatic carbocycles. The van der Waals surface area contributed by atoms with E-state index in [1.54, 1.807) is 19.1 Å². The molecular formula is C23H22ClN3O5S2. The molecule has 0 fully saturated rings. The Balaban J connectivity index is 1.64. The second-order valence-electron chi connectivity index (χ2n) is 7.77. The average molecular weight is 520 g/mol. The molecule has 1 amide bonds. The van der Waals surface area contributed by atoms with Gasteiger partial charge in [-0.1, -0.05) is 35.9 Å². The Kier molecular flexibility index (Phi) is 7.01. The summed E-state index contributed by atoms with van der Waals surface area (Å²) in [6, 6.07) is 7.09. The van der Waals surface area contributed by atoms with E-state index in [0.717, 1.165) is 41.5 Å². The number of ether oxygens (including phenoxy) is 1. The summed E-state index contributed by atoms with van der Waals surface area (Å²) in [6.45, 7) is 3.73. The van der Waals surface area contributed by atoms with Crippen LogP contribution in [0.3, 0.4) is 0 Å². The third-order valence-corrected chi connectivity index (χ3v) is 8.38. The van der Waals surface area contributed by atoms with E-state index in [9.17, 15) is 18.0 Å². The lowest BCUT2D eigenvalue weighted by molar-refractivity contribution is 0.0527. The van der Waals surface area contributed by atoms with Crippen LogP contribution in [0.15, 0.2) is 35.6 Å². The van der Waals surface area contributed by atoms with E-state index in [0.29, 0.717) is 16.1 Å². The van der Waals surface area contributed by atoms with Gasteiger partial charge in [0.25, 0.3) is 5.91 Å². The monoisotopic (exact) mass is 519 g/mol. The topological polar surface area (TPSA) is 115 Å². The van der Waals surface area contributed by atoms with Crippen molar-refractivity contribution in [3.05, 3.63) is 68.3 Å². The van der Waals surface area contributed by atoms with Crippen LogP contribution in [0, 0.1) is 6.92 Å². The van der Waals surface area contributed by atoms with Gasteiger partial charge in [-0.2, -0.15) is 0 Å². The number of carbonyl (C=O) groups is 2. The fraction of sp³-hybridized carbons (Fsp3) is 0.304. The minimum atomic E-state index is -3.94. The standard InChI is InChI=1S/C23H22ClN3O5S2/c1-3-32-22(29)18-15-9-6-10-17(15)33-21(18)27-20(28)19-16(24)11-25-23(26-19)34(30,31)12-14-8-5-4-7-13(14)2/h4-5,7-8,11H,3,6,9-10,12H2,1-2H3,(H,27,28). The van der Waals surface area contributed by atoms with Gasteiger partial charge in [-0.15, -0.1) is 11.3 Å². The van der Waals surface area contributed by atoms with Crippen molar-refractivity contribution in [2.75, 3.05) is 11.9 Å². The minimum Gasteiger partial charge on any atom is -0.462 e. The fourth-order valence-corrected chi connectivity index (χ4v) is 6.53. The maximum Gasteiger partial charge on any atom is 0.341 e. The molecule has 0 atom stereocenters. The molecule has 0 aliphatic heterocycles. The smallest absolute Gasteiger partial charge is 0.341 e. The molecule has 0 radical (unpaired) electrons. The van der Waals surface area contributed by atoms with Crippen molar-refractivity contribution in [3.8, 4) is 0 Å². The van der Waals surface area contributed by atoms with E-state index in [4.69, 9.17) is 16.3 Å².